The van der Waals surface area contributed by atoms with Gasteiger partial charge < -0.3 is 9.32 Å². The molecule has 5 nitrogen and oxygen atoms in total. The Bertz CT molecular complexity index is 704. The van der Waals surface area contributed by atoms with Crippen LogP contribution in [0.1, 0.15) is 13.8 Å². The monoisotopic (exact) mass is 259 g/mol. The highest BCUT2D eigenvalue weighted by molar-refractivity contribution is 5.77. The first kappa shape index (κ1) is 13.2. The van der Waals surface area contributed by atoms with Crippen molar-refractivity contribution in [2.24, 2.45) is 12.5 Å². The summed E-state index contributed by atoms with van der Waals surface area (Å²) in [6.07, 6.45) is 0. The number of nitrogens with zero attached hydrogens (tertiary/aromatic N) is 3. The maximum atomic E-state index is 11.4. The zero-order chi connectivity index (χ0) is 14.2. The molecule has 1 aromatic carbocycles. The summed E-state index contributed by atoms with van der Waals surface area (Å²) in [6, 6.07) is 7.84. The average Bonchev–Trinajstić information content (AvgIpc) is 2.64. The van der Waals surface area contributed by atoms with Gasteiger partial charge in [-0.3, -0.25) is 4.57 Å². The number of oxazole rings is 1. The van der Waals surface area contributed by atoms with Crippen LogP contribution in [0.15, 0.2) is 27.4 Å². The lowest BCUT2D eigenvalue weighted by Gasteiger charge is -2.26. The minimum atomic E-state index is -0.425. The normalized spacial score (nSPS) is 11.5. The van der Waals surface area contributed by atoms with E-state index in [4.69, 9.17) is 9.68 Å². The number of nitriles is 1. The van der Waals surface area contributed by atoms with Gasteiger partial charge in [0.25, 0.3) is 0 Å². The molecule has 0 aliphatic carbocycles. The van der Waals surface area contributed by atoms with Gasteiger partial charge in [0.1, 0.15) is 0 Å². The Morgan fingerprint density at radius 1 is 1.47 bits per heavy atom. The fraction of sp³-hybridized carbons (Fsp3) is 0.429. The van der Waals surface area contributed by atoms with Crippen LogP contribution < -0.4 is 10.7 Å². The maximum absolute atomic E-state index is 11.4. The van der Waals surface area contributed by atoms with Crippen molar-refractivity contribution in [2.45, 2.75) is 13.8 Å². The van der Waals surface area contributed by atoms with Crippen LogP contribution in [-0.4, -0.2) is 18.2 Å². The number of benzene rings is 1. The molecule has 0 bridgehead atoms. The molecule has 2 aromatic rings. The highest BCUT2D eigenvalue weighted by atomic mass is 16.4. The second-order valence-electron chi connectivity index (χ2n) is 5.43. The molecule has 1 heterocycles. The van der Waals surface area contributed by atoms with Crippen molar-refractivity contribution in [3.8, 4) is 6.07 Å². The molecule has 0 aliphatic heterocycles. The molecule has 5 heteroatoms. The number of hydrogen-bond acceptors (Lipinski definition) is 4. The van der Waals surface area contributed by atoms with Crippen LogP contribution in [0.3, 0.4) is 0 Å². The lowest BCUT2D eigenvalue weighted by atomic mass is 9.95. The summed E-state index contributed by atoms with van der Waals surface area (Å²) < 4.78 is 6.57. The zero-order valence-electron chi connectivity index (χ0n) is 11.6. The molecular formula is C14H17N3O2. The minimum absolute atomic E-state index is 0.368. The van der Waals surface area contributed by atoms with Crippen LogP contribution in [0.25, 0.3) is 11.1 Å². The van der Waals surface area contributed by atoms with Crippen molar-refractivity contribution in [1.29, 1.82) is 5.26 Å². The first-order valence-corrected chi connectivity index (χ1v) is 6.06. The van der Waals surface area contributed by atoms with Crippen molar-refractivity contribution in [3.63, 3.8) is 0 Å². The largest absolute Gasteiger partial charge is 0.419 e. The molecule has 0 saturated carbocycles. The molecule has 0 atom stereocenters. The SMILES string of the molecule is CN(CC(C)(C)C#N)c1ccc2oc(=O)n(C)c2c1. The third-order valence-corrected chi connectivity index (χ3v) is 3.15. The third-order valence-electron chi connectivity index (χ3n) is 3.15. The van der Waals surface area contributed by atoms with E-state index in [2.05, 4.69) is 6.07 Å². The Morgan fingerprint density at radius 2 is 2.16 bits per heavy atom. The van der Waals surface area contributed by atoms with Gasteiger partial charge in [-0.15, -0.1) is 0 Å². The summed E-state index contributed by atoms with van der Waals surface area (Å²) in [6.45, 7) is 4.41. The Labute approximate surface area is 111 Å². The molecule has 100 valence electrons. The molecule has 1 aromatic heterocycles. The predicted octanol–water partition coefficient (Wildman–Crippen LogP) is 2.12. The van der Waals surface area contributed by atoms with E-state index in [1.165, 1.54) is 4.57 Å². The first-order valence-electron chi connectivity index (χ1n) is 6.06. The van der Waals surface area contributed by atoms with Crippen LogP contribution in [0, 0.1) is 16.7 Å². The second-order valence-corrected chi connectivity index (χ2v) is 5.43. The second kappa shape index (κ2) is 4.47. The molecule has 0 unspecified atom stereocenters. The maximum Gasteiger partial charge on any atom is 0.419 e. The van der Waals surface area contributed by atoms with E-state index in [9.17, 15) is 4.79 Å². The Hall–Kier alpha value is -2.22. The van der Waals surface area contributed by atoms with E-state index >= 15 is 0 Å². The number of aryl methyl sites for hydroxylation is 1. The smallest absolute Gasteiger partial charge is 0.408 e. The molecule has 2 rings (SSSR count). The van der Waals surface area contributed by atoms with Crippen molar-refractivity contribution < 1.29 is 4.42 Å². The van der Waals surface area contributed by atoms with E-state index in [0.717, 1.165) is 11.2 Å². The van der Waals surface area contributed by atoms with E-state index in [-0.39, 0.29) is 5.76 Å². The number of rotatable bonds is 3. The summed E-state index contributed by atoms with van der Waals surface area (Å²) in [5, 5.41) is 9.07. The lowest BCUT2D eigenvalue weighted by Crippen LogP contribution is -2.30. The van der Waals surface area contributed by atoms with Gasteiger partial charge >= 0.3 is 5.76 Å². The van der Waals surface area contributed by atoms with Gasteiger partial charge in [-0.2, -0.15) is 5.26 Å². The van der Waals surface area contributed by atoms with Crippen LogP contribution in [0.4, 0.5) is 5.69 Å². The first-order chi connectivity index (χ1) is 8.84. The van der Waals surface area contributed by atoms with Gasteiger partial charge in [0.05, 0.1) is 17.0 Å². The van der Waals surface area contributed by atoms with Crippen molar-refractivity contribution >= 4 is 16.8 Å². The summed E-state index contributed by atoms with van der Waals surface area (Å²) in [5.41, 5.74) is 1.85. The van der Waals surface area contributed by atoms with Gasteiger partial charge in [0, 0.05) is 26.3 Å². The van der Waals surface area contributed by atoms with Crippen molar-refractivity contribution in [1.82, 2.24) is 4.57 Å². The Morgan fingerprint density at radius 3 is 2.79 bits per heavy atom. The molecule has 0 saturated heterocycles. The van der Waals surface area contributed by atoms with Crippen LogP contribution in [-0.2, 0) is 7.05 Å². The van der Waals surface area contributed by atoms with Crippen LogP contribution in [0.2, 0.25) is 0 Å². The predicted molar refractivity (Wildman–Crippen MR) is 74.1 cm³/mol. The van der Waals surface area contributed by atoms with E-state index in [0.29, 0.717) is 12.1 Å². The topological polar surface area (TPSA) is 62.2 Å². The van der Waals surface area contributed by atoms with E-state index < -0.39 is 5.41 Å². The van der Waals surface area contributed by atoms with E-state index in [1.807, 2.05) is 37.9 Å². The highest BCUT2D eigenvalue weighted by Gasteiger charge is 2.20. The van der Waals surface area contributed by atoms with Gasteiger partial charge in [-0.25, -0.2) is 4.79 Å². The standard InChI is InChI=1S/C14H17N3O2/c1-14(2,8-15)9-16(3)10-5-6-12-11(7-10)17(4)13(18)19-12/h5-7H,9H2,1-4H3. The number of aromatic nitrogens is 1. The van der Waals surface area contributed by atoms with Crippen molar-refractivity contribution in [2.75, 3.05) is 18.5 Å². The van der Waals surface area contributed by atoms with Crippen molar-refractivity contribution in [3.05, 3.63) is 28.7 Å². The lowest BCUT2D eigenvalue weighted by molar-refractivity contribution is 0.497. The molecule has 0 fully saturated rings. The number of fused-ring (bicyclic) bond motifs is 1. The van der Waals surface area contributed by atoms with Crippen LogP contribution >= 0.6 is 0 Å². The van der Waals surface area contributed by atoms with Gasteiger partial charge in [-0.05, 0) is 32.0 Å². The number of hydrogen-bond donors (Lipinski definition) is 0. The van der Waals surface area contributed by atoms with E-state index in [1.54, 1.807) is 13.1 Å². The Balaban J connectivity index is 2.39. The fourth-order valence-corrected chi connectivity index (χ4v) is 2.07. The number of anilines is 1. The molecule has 0 spiro atoms. The highest BCUT2D eigenvalue weighted by Crippen LogP contribution is 2.23. The summed E-state index contributed by atoms with van der Waals surface area (Å²) in [7, 11) is 3.61. The summed E-state index contributed by atoms with van der Waals surface area (Å²) >= 11 is 0. The van der Waals surface area contributed by atoms with Gasteiger partial charge in [-0.1, -0.05) is 0 Å². The van der Waals surface area contributed by atoms with Crippen LogP contribution in [0.5, 0.6) is 0 Å². The summed E-state index contributed by atoms with van der Waals surface area (Å²) in [5.74, 6) is -0.368. The average molecular weight is 259 g/mol. The minimum Gasteiger partial charge on any atom is -0.408 e. The fourth-order valence-electron chi connectivity index (χ4n) is 2.07. The molecule has 0 radical (unpaired) electrons. The zero-order valence-corrected chi connectivity index (χ0v) is 11.6. The molecule has 0 amide bonds. The van der Waals surface area contributed by atoms with Gasteiger partial charge in [0.2, 0.25) is 0 Å². The Kier molecular flexibility index (Phi) is 3.11. The molecule has 19 heavy (non-hydrogen) atoms. The summed E-state index contributed by atoms with van der Waals surface area (Å²) in [4.78, 5) is 13.4. The van der Waals surface area contributed by atoms with Gasteiger partial charge in [0.15, 0.2) is 5.58 Å². The third kappa shape index (κ3) is 2.48. The molecule has 0 N–H and O–H groups in total. The molecule has 0 aliphatic rings. The molecular weight excluding hydrogens is 242 g/mol. The quantitative estimate of drug-likeness (QED) is 0.847.